The van der Waals surface area contributed by atoms with Gasteiger partial charge in [0.25, 0.3) is 0 Å². The fourth-order valence-corrected chi connectivity index (χ4v) is 2.21. The van der Waals surface area contributed by atoms with Crippen LogP contribution in [0.5, 0.6) is 0 Å². The quantitative estimate of drug-likeness (QED) is 0.312. The lowest BCUT2D eigenvalue weighted by Gasteiger charge is -2.15. The first-order valence-electron chi connectivity index (χ1n) is 7.84. The van der Waals surface area contributed by atoms with Gasteiger partial charge in [0.2, 0.25) is 0 Å². The molecular weight excluding hydrogens is 407 g/mol. The van der Waals surface area contributed by atoms with Crippen molar-refractivity contribution in [3.8, 4) is 0 Å². The van der Waals surface area contributed by atoms with Crippen LogP contribution in [0.1, 0.15) is 44.1 Å². The molecule has 0 unspecified atom stereocenters. The Morgan fingerprint density at radius 1 is 1.39 bits per heavy atom. The molecule has 130 valence electrons. The highest BCUT2D eigenvalue weighted by Gasteiger charge is 2.08. The second-order valence-corrected chi connectivity index (χ2v) is 5.66. The average Bonchev–Trinajstić information content (AvgIpc) is 3.01. The summed E-state index contributed by atoms with van der Waals surface area (Å²) in [6.45, 7) is 7.21. The molecule has 0 saturated carbocycles. The van der Waals surface area contributed by atoms with Gasteiger partial charge in [-0.1, -0.05) is 30.7 Å². The van der Waals surface area contributed by atoms with E-state index in [1.807, 2.05) is 6.07 Å². The highest BCUT2D eigenvalue weighted by atomic mass is 127. The van der Waals surface area contributed by atoms with E-state index in [0.29, 0.717) is 12.5 Å². The predicted octanol–water partition coefficient (Wildman–Crippen LogP) is 2.82. The van der Waals surface area contributed by atoms with Gasteiger partial charge in [-0.2, -0.15) is 0 Å². The van der Waals surface area contributed by atoms with Gasteiger partial charge in [-0.05, 0) is 18.8 Å². The summed E-state index contributed by atoms with van der Waals surface area (Å²) >= 11 is 0. The molecule has 1 aliphatic heterocycles. The van der Waals surface area contributed by atoms with Crippen molar-refractivity contribution in [1.82, 2.24) is 15.8 Å². The molecule has 0 atom stereocenters. The maximum atomic E-state index is 5.31. The van der Waals surface area contributed by atoms with Crippen molar-refractivity contribution in [3.05, 3.63) is 29.2 Å². The van der Waals surface area contributed by atoms with Gasteiger partial charge < -0.3 is 19.9 Å². The Morgan fingerprint density at radius 3 is 2.83 bits per heavy atom. The van der Waals surface area contributed by atoms with Crippen molar-refractivity contribution < 1.29 is 9.26 Å². The first kappa shape index (κ1) is 20.0. The summed E-state index contributed by atoms with van der Waals surface area (Å²) in [7, 11) is 1.77. The molecule has 0 radical (unpaired) electrons. The zero-order valence-electron chi connectivity index (χ0n) is 14.1. The predicted molar refractivity (Wildman–Crippen MR) is 102 cm³/mol. The van der Waals surface area contributed by atoms with E-state index in [0.717, 1.165) is 50.0 Å². The number of halogens is 1. The first-order valence-corrected chi connectivity index (χ1v) is 7.84. The van der Waals surface area contributed by atoms with Crippen molar-refractivity contribution in [2.24, 2.45) is 4.99 Å². The third kappa shape index (κ3) is 6.90. The summed E-state index contributed by atoms with van der Waals surface area (Å²) in [4.78, 5) is 4.22. The first-order chi connectivity index (χ1) is 10.7. The summed E-state index contributed by atoms with van der Waals surface area (Å²) < 4.78 is 10.6. The van der Waals surface area contributed by atoms with E-state index in [1.54, 1.807) is 7.05 Å². The Hall–Kier alpha value is -1.09. The molecule has 0 bridgehead atoms. The Kier molecular flexibility index (Phi) is 9.23. The number of ether oxygens (including phenoxy) is 1. The zero-order chi connectivity index (χ0) is 15.8. The second kappa shape index (κ2) is 10.6. The number of guanidine groups is 1. The summed E-state index contributed by atoms with van der Waals surface area (Å²) in [5.41, 5.74) is 2.43. The van der Waals surface area contributed by atoms with Crippen LogP contribution in [-0.2, 0) is 11.3 Å². The van der Waals surface area contributed by atoms with E-state index >= 15 is 0 Å². The van der Waals surface area contributed by atoms with Gasteiger partial charge >= 0.3 is 0 Å². The molecule has 0 fully saturated rings. The van der Waals surface area contributed by atoms with Crippen LogP contribution in [0.3, 0.4) is 0 Å². The van der Waals surface area contributed by atoms with Crippen LogP contribution in [0.4, 0.5) is 0 Å². The molecular formula is C16H27IN4O2. The lowest BCUT2D eigenvalue weighted by molar-refractivity contribution is 0.153. The van der Waals surface area contributed by atoms with E-state index in [2.05, 4.69) is 40.7 Å². The van der Waals surface area contributed by atoms with Crippen molar-refractivity contribution in [2.45, 2.75) is 39.2 Å². The number of nitrogens with zero attached hydrogens (tertiary/aromatic N) is 2. The maximum Gasteiger partial charge on any atom is 0.191 e. The van der Waals surface area contributed by atoms with Gasteiger partial charge in [0, 0.05) is 19.7 Å². The third-order valence-corrected chi connectivity index (χ3v) is 3.62. The molecule has 1 aliphatic rings. The normalized spacial score (nSPS) is 15.1. The minimum absolute atomic E-state index is 0. The third-order valence-electron chi connectivity index (χ3n) is 3.62. The molecule has 2 heterocycles. The summed E-state index contributed by atoms with van der Waals surface area (Å²) in [6, 6.07) is 1.98. The molecule has 1 aromatic heterocycles. The van der Waals surface area contributed by atoms with Crippen LogP contribution >= 0.6 is 24.0 Å². The molecule has 23 heavy (non-hydrogen) atoms. The summed E-state index contributed by atoms with van der Waals surface area (Å²) in [5, 5.41) is 10.6. The van der Waals surface area contributed by atoms with E-state index in [-0.39, 0.29) is 24.0 Å². The fourth-order valence-electron chi connectivity index (χ4n) is 2.21. The minimum Gasteiger partial charge on any atom is -0.377 e. The summed E-state index contributed by atoms with van der Waals surface area (Å²) in [6.07, 6.45) is 4.22. The maximum absolute atomic E-state index is 5.31. The molecule has 0 aromatic carbocycles. The van der Waals surface area contributed by atoms with Crippen LogP contribution < -0.4 is 10.6 Å². The lowest BCUT2D eigenvalue weighted by Crippen LogP contribution is -2.37. The number of nitrogens with one attached hydrogen (secondary N) is 2. The van der Waals surface area contributed by atoms with Crippen molar-refractivity contribution >= 4 is 29.9 Å². The van der Waals surface area contributed by atoms with Crippen LogP contribution in [0.25, 0.3) is 0 Å². The van der Waals surface area contributed by atoms with Gasteiger partial charge in [0.05, 0.1) is 25.5 Å². The Bertz CT molecular complexity index is 526. The van der Waals surface area contributed by atoms with Crippen LogP contribution in [0, 0.1) is 0 Å². The smallest absolute Gasteiger partial charge is 0.191 e. The average molecular weight is 434 g/mol. The standard InChI is InChI=1S/C16H26N4O2.HI/c1-12(2)15-10-14(22-20-15)11-19-16(17-3)18-7-4-13-5-8-21-9-6-13;/h5,10,12H,4,6-9,11H2,1-3H3,(H2,17,18,19);1H. The number of aliphatic imine (C=N–C) groups is 1. The van der Waals surface area contributed by atoms with E-state index in [1.165, 1.54) is 5.57 Å². The number of aromatic nitrogens is 1. The molecule has 2 N–H and O–H groups in total. The van der Waals surface area contributed by atoms with Gasteiger partial charge in [-0.15, -0.1) is 24.0 Å². The SMILES string of the molecule is CN=C(NCCC1=CCOCC1)NCc1cc(C(C)C)no1.I. The van der Waals surface area contributed by atoms with Gasteiger partial charge in [0.1, 0.15) is 0 Å². The number of rotatable bonds is 6. The highest BCUT2D eigenvalue weighted by Crippen LogP contribution is 2.13. The molecule has 1 aromatic rings. The second-order valence-electron chi connectivity index (χ2n) is 5.66. The minimum atomic E-state index is 0. The molecule has 6 nitrogen and oxygen atoms in total. The van der Waals surface area contributed by atoms with Crippen molar-refractivity contribution in [2.75, 3.05) is 26.8 Å². The molecule has 7 heteroatoms. The zero-order valence-corrected chi connectivity index (χ0v) is 16.4. The fraction of sp³-hybridized carbons (Fsp3) is 0.625. The highest BCUT2D eigenvalue weighted by molar-refractivity contribution is 14.0. The van der Waals surface area contributed by atoms with Crippen LogP contribution in [0.2, 0.25) is 0 Å². The van der Waals surface area contributed by atoms with Gasteiger partial charge in [-0.3, -0.25) is 4.99 Å². The lowest BCUT2D eigenvalue weighted by atomic mass is 10.1. The van der Waals surface area contributed by atoms with Crippen molar-refractivity contribution in [3.63, 3.8) is 0 Å². The monoisotopic (exact) mass is 434 g/mol. The molecule has 2 rings (SSSR count). The Balaban J connectivity index is 0.00000264. The molecule has 0 amide bonds. The Labute approximate surface area is 155 Å². The van der Waals surface area contributed by atoms with Crippen LogP contribution in [0.15, 0.2) is 27.2 Å². The van der Waals surface area contributed by atoms with Gasteiger partial charge in [-0.25, -0.2) is 0 Å². The van der Waals surface area contributed by atoms with Crippen LogP contribution in [-0.4, -0.2) is 37.9 Å². The topological polar surface area (TPSA) is 71.7 Å². The number of hydrogen-bond donors (Lipinski definition) is 2. The molecule has 0 aliphatic carbocycles. The molecule has 0 spiro atoms. The summed E-state index contributed by atoms with van der Waals surface area (Å²) in [5.74, 6) is 1.97. The largest absolute Gasteiger partial charge is 0.377 e. The van der Waals surface area contributed by atoms with Crippen molar-refractivity contribution in [1.29, 1.82) is 0 Å². The number of hydrogen-bond acceptors (Lipinski definition) is 4. The Morgan fingerprint density at radius 2 is 2.22 bits per heavy atom. The van der Waals surface area contributed by atoms with E-state index in [4.69, 9.17) is 9.26 Å². The molecule has 0 saturated heterocycles. The van der Waals surface area contributed by atoms with E-state index < -0.39 is 0 Å². The van der Waals surface area contributed by atoms with Gasteiger partial charge in [0.15, 0.2) is 11.7 Å². The van der Waals surface area contributed by atoms with E-state index in [9.17, 15) is 0 Å².